The topological polar surface area (TPSA) is 45.4 Å². The summed E-state index contributed by atoms with van der Waals surface area (Å²) in [5, 5.41) is 12.2. The van der Waals surface area contributed by atoms with Crippen LogP contribution in [0.5, 0.6) is 0 Å². The van der Waals surface area contributed by atoms with Gasteiger partial charge < -0.3 is 14.8 Å². The third-order valence-corrected chi connectivity index (χ3v) is 3.56. The van der Waals surface area contributed by atoms with Gasteiger partial charge in [-0.05, 0) is 36.1 Å². The van der Waals surface area contributed by atoms with Crippen LogP contribution in [0.25, 0.3) is 11.3 Å². The van der Waals surface area contributed by atoms with Gasteiger partial charge in [0.1, 0.15) is 23.2 Å². The molecule has 5 heteroatoms. The van der Waals surface area contributed by atoms with E-state index in [1.165, 1.54) is 18.2 Å². The summed E-state index contributed by atoms with van der Waals surface area (Å²) < 4.78 is 32.9. The predicted molar refractivity (Wildman–Crippen MR) is 81.3 cm³/mol. The van der Waals surface area contributed by atoms with Gasteiger partial charge in [-0.1, -0.05) is 19.9 Å². The molecule has 3 nitrogen and oxygen atoms in total. The number of aliphatic hydroxyl groups is 1. The molecule has 2 rings (SSSR count). The fraction of sp³-hybridized carbons (Fsp3) is 0.412. The Balaban J connectivity index is 2.01. The normalized spacial score (nSPS) is 11.9. The Bertz CT molecular complexity index is 603. The average Bonchev–Trinajstić information content (AvgIpc) is 2.86. The fourth-order valence-corrected chi connectivity index (χ4v) is 2.26. The second-order valence-corrected chi connectivity index (χ2v) is 6.10. The van der Waals surface area contributed by atoms with E-state index < -0.39 is 11.6 Å². The zero-order valence-corrected chi connectivity index (χ0v) is 12.8. The van der Waals surface area contributed by atoms with Gasteiger partial charge in [-0.15, -0.1) is 0 Å². The maximum absolute atomic E-state index is 13.7. The number of nitrogens with one attached hydrogen (secondary N) is 1. The highest BCUT2D eigenvalue weighted by Gasteiger charge is 2.17. The first-order valence-corrected chi connectivity index (χ1v) is 7.27. The van der Waals surface area contributed by atoms with Gasteiger partial charge in [0.15, 0.2) is 0 Å². The highest BCUT2D eigenvalue weighted by molar-refractivity contribution is 5.59. The molecule has 0 aliphatic rings. The fourth-order valence-electron chi connectivity index (χ4n) is 2.26. The molecule has 0 fully saturated rings. The van der Waals surface area contributed by atoms with Crippen molar-refractivity contribution in [3.8, 4) is 11.3 Å². The van der Waals surface area contributed by atoms with Gasteiger partial charge in [0.25, 0.3) is 0 Å². The first-order valence-electron chi connectivity index (χ1n) is 7.27. The number of furan rings is 1. The minimum Gasteiger partial charge on any atom is -0.460 e. The largest absolute Gasteiger partial charge is 0.460 e. The van der Waals surface area contributed by atoms with Crippen LogP contribution in [0.4, 0.5) is 8.78 Å². The number of rotatable bonds is 7. The van der Waals surface area contributed by atoms with E-state index in [4.69, 9.17) is 9.52 Å². The molecule has 0 aliphatic heterocycles. The number of aliphatic hydroxyl groups excluding tert-OH is 1. The van der Waals surface area contributed by atoms with Crippen LogP contribution < -0.4 is 5.32 Å². The average molecular weight is 309 g/mol. The van der Waals surface area contributed by atoms with Gasteiger partial charge in [0, 0.05) is 13.2 Å². The van der Waals surface area contributed by atoms with E-state index >= 15 is 0 Å². The van der Waals surface area contributed by atoms with E-state index in [2.05, 4.69) is 19.2 Å². The molecule has 2 aromatic rings. The summed E-state index contributed by atoms with van der Waals surface area (Å²) in [6.07, 6.45) is 0.698. The molecule has 2 N–H and O–H groups in total. The standard InChI is InChI=1S/C17H21F2NO2/c1-17(2,8-9-21)11-20-10-12-6-7-15(22-12)16-13(18)4-3-5-14(16)19/h3-7,20-21H,8-11H2,1-2H3. The van der Waals surface area contributed by atoms with Crippen LogP contribution in [0, 0.1) is 17.0 Å². The molecule has 0 unspecified atom stereocenters. The maximum atomic E-state index is 13.7. The van der Waals surface area contributed by atoms with Crippen molar-refractivity contribution in [1.29, 1.82) is 0 Å². The molecule has 0 radical (unpaired) electrons. The molecule has 0 aliphatic carbocycles. The minimum absolute atomic E-state index is 0.0260. The van der Waals surface area contributed by atoms with Crippen LogP contribution in [0.1, 0.15) is 26.0 Å². The molecule has 0 atom stereocenters. The summed E-state index contributed by atoms with van der Waals surface area (Å²) in [4.78, 5) is 0. The third kappa shape index (κ3) is 4.15. The van der Waals surface area contributed by atoms with E-state index in [-0.39, 0.29) is 23.3 Å². The lowest BCUT2D eigenvalue weighted by Gasteiger charge is -2.23. The summed E-state index contributed by atoms with van der Waals surface area (Å²) >= 11 is 0. The molecule has 1 aromatic carbocycles. The lowest BCUT2D eigenvalue weighted by Crippen LogP contribution is -2.29. The molecule has 0 amide bonds. The first-order chi connectivity index (χ1) is 10.4. The third-order valence-electron chi connectivity index (χ3n) is 3.56. The van der Waals surface area contributed by atoms with E-state index in [1.54, 1.807) is 12.1 Å². The number of hydrogen-bond acceptors (Lipinski definition) is 3. The Morgan fingerprint density at radius 1 is 1.14 bits per heavy atom. The summed E-state index contributed by atoms with van der Waals surface area (Å²) in [5.41, 5.74) is -0.170. The molecule has 1 aromatic heterocycles. The SMILES string of the molecule is CC(C)(CCO)CNCc1ccc(-c2c(F)cccc2F)o1. The number of benzene rings is 1. The van der Waals surface area contributed by atoms with Gasteiger partial charge in [-0.3, -0.25) is 0 Å². The molecule has 0 saturated carbocycles. The van der Waals surface area contributed by atoms with Crippen molar-refractivity contribution < 1.29 is 18.3 Å². The van der Waals surface area contributed by atoms with E-state index in [1.807, 2.05) is 0 Å². The van der Waals surface area contributed by atoms with Gasteiger partial charge in [-0.25, -0.2) is 8.78 Å². The highest BCUT2D eigenvalue weighted by Crippen LogP contribution is 2.27. The summed E-state index contributed by atoms with van der Waals surface area (Å²) in [7, 11) is 0. The first kappa shape index (κ1) is 16.6. The lowest BCUT2D eigenvalue weighted by atomic mass is 9.90. The van der Waals surface area contributed by atoms with Crippen LogP contribution >= 0.6 is 0 Å². The Kier molecular flexibility index (Phi) is 5.32. The van der Waals surface area contributed by atoms with Crippen molar-refractivity contribution in [3.05, 3.63) is 47.7 Å². The van der Waals surface area contributed by atoms with Crippen molar-refractivity contribution in [2.24, 2.45) is 5.41 Å². The van der Waals surface area contributed by atoms with Crippen molar-refractivity contribution in [2.45, 2.75) is 26.8 Å². The maximum Gasteiger partial charge on any atom is 0.140 e. The molecule has 1 heterocycles. The molecular formula is C17H21F2NO2. The number of halogens is 2. The van der Waals surface area contributed by atoms with E-state index in [0.717, 1.165) is 0 Å². The Labute approximate surface area is 129 Å². The molecule has 0 saturated heterocycles. The van der Waals surface area contributed by atoms with Crippen molar-refractivity contribution in [3.63, 3.8) is 0 Å². The molecule has 0 spiro atoms. The van der Waals surface area contributed by atoms with Crippen molar-refractivity contribution in [2.75, 3.05) is 13.2 Å². The Morgan fingerprint density at radius 3 is 2.45 bits per heavy atom. The van der Waals surface area contributed by atoms with Gasteiger partial charge in [0.05, 0.1) is 12.1 Å². The molecule has 0 bridgehead atoms. The van der Waals surface area contributed by atoms with Crippen LogP contribution in [0.15, 0.2) is 34.7 Å². The van der Waals surface area contributed by atoms with Crippen molar-refractivity contribution in [1.82, 2.24) is 5.32 Å². The monoisotopic (exact) mass is 309 g/mol. The van der Waals surface area contributed by atoms with Crippen molar-refractivity contribution >= 4 is 0 Å². The minimum atomic E-state index is -0.641. The van der Waals surface area contributed by atoms with Gasteiger partial charge in [-0.2, -0.15) is 0 Å². The van der Waals surface area contributed by atoms with Gasteiger partial charge in [0.2, 0.25) is 0 Å². The van der Waals surface area contributed by atoms with Crippen LogP contribution in [0.2, 0.25) is 0 Å². The smallest absolute Gasteiger partial charge is 0.140 e. The van der Waals surface area contributed by atoms with Crippen LogP contribution in [-0.4, -0.2) is 18.3 Å². The summed E-state index contributed by atoms with van der Waals surface area (Å²) in [5.74, 6) is -0.490. The zero-order chi connectivity index (χ0) is 16.2. The highest BCUT2D eigenvalue weighted by atomic mass is 19.1. The predicted octanol–water partition coefficient (Wildman–Crippen LogP) is 3.72. The molecular weight excluding hydrogens is 288 g/mol. The van der Waals surface area contributed by atoms with E-state index in [0.29, 0.717) is 25.3 Å². The quantitative estimate of drug-likeness (QED) is 0.819. The van der Waals surface area contributed by atoms with Crippen LogP contribution in [-0.2, 0) is 6.54 Å². The second-order valence-electron chi connectivity index (χ2n) is 6.10. The zero-order valence-electron chi connectivity index (χ0n) is 12.8. The van der Waals surface area contributed by atoms with Gasteiger partial charge >= 0.3 is 0 Å². The van der Waals surface area contributed by atoms with E-state index in [9.17, 15) is 8.78 Å². The Hall–Kier alpha value is -1.72. The Morgan fingerprint density at radius 2 is 1.82 bits per heavy atom. The summed E-state index contributed by atoms with van der Waals surface area (Å²) in [6, 6.07) is 7.00. The second kappa shape index (κ2) is 7.03. The molecule has 120 valence electrons. The lowest BCUT2D eigenvalue weighted by molar-refractivity contribution is 0.206. The van der Waals surface area contributed by atoms with Crippen LogP contribution in [0.3, 0.4) is 0 Å². The molecule has 22 heavy (non-hydrogen) atoms. The number of hydrogen-bond donors (Lipinski definition) is 2. The summed E-state index contributed by atoms with van der Waals surface area (Å²) in [6.45, 7) is 5.42.